The highest BCUT2D eigenvalue weighted by molar-refractivity contribution is 7.13. The van der Waals surface area contributed by atoms with Gasteiger partial charge in [0.05, 0.1) is 5.69 Å². The average molecular weight is 281 g/mol. The van der Waals surface area contributed by atoms with E-state index in [1.54, 1.807) is 11.3 Å². The van der Waals surface area contributed by atoms with Crippen LogP contribution in [0.3, 0.4) is 0 Å². The van der Waals surface area contributed by atoms with Crippen molar-refractivity contribution in [2.45, 2.75) is 6.54 Å². The predicted octanol–water partition coefficient (Wildman–Crippen LogP) is 3.52. The van der Waals surface area contributed by atoms with Crippen molar-refractivity contribution in [3.8, 4) is 21.8 Å². The van der Waals surface area contributed by atoms with Crippen LogP contribution in [0.4, 0.5) is 5.69 Å². The van der Waals surface area contributed by atoms with Crippen LogP contribution in [0.5, 0.6) is 0 Å². The third-order valence-electron chi connectivity index (χ3n) is 3.15. The number of thiazole rings is 1. The number of anilines is 1. The second-order valence-electron chi connectivity index (χ2n) is 4.56. The molecule has 0 atom stereocenters. The Balaban J connectivity index is 1.91. The highest BCUT2D eigenvalue weighted by Crippen LogP contribution is 2.29. The van der Waals surface area contributed by atoms with Gasteiger partial charge in [0.1, 0.15) is 5.01 Å². The molecule has 3 nitrogen and oxygen atoms in total. The van der Waals surface area contributed by atoms with Crippen LogP contribution >= 0.6 is 11.3 Å². The molecular formula is C16H15N3S. The molecule has 0 radical (unpaired) electrons. The van der Waals surface area contributed by atoms with Crippen molar-refractivity contribution in [2.24, 2.45) is 5.73 Å². The first-order valence-corrected chi connectivity index (χ1v) is 7.25. The fraction of sp³-hybridized carbons (Fsp3) is 0.0625. The fourth-order valence-electron chi connectivity index (χ4n) is 1.98. The molecule has 0 bridgehead atoms. The van der Waals surface area contributed by atoms with E-state index < -0.39 is 0 Å². The Morgan fingerprint density at radius 1 is 0.900 bits per heavy atom. The van der Waals surface area contributed by atoms with Crippen LogP contribution in [-0.2, 0) is 6.54 Å². The topological polar surface area (TPSA) is 64.9 Å². The molecule has 1 heterocycles. The quantitative estimate of drug-likeness (QED) is 0.722. The third kappa shape index (κ3) is 2.57. The van der Waals surface area contributed by atoms with Crippen LogP contribution in [0.25, 0.3) is 21.8 Å². The summed E-state index contributed by atoms with van der Waals surface area (Å²) < 4.78 is 0. The Labute approximate surface area is 121 Å². The molecule has 100 valence electrons. The second kappa shape index (κ2) is 5.45. The van der Waals surface area contributed by atoms with Crippen LogP contribution in [0, 0.1) is 0 Å². The van der Waals surface area contributed by atoms with Crippen LogP contribution in [-0.4, -0.2) is 4.98 Å². The molecule has 0 unspecified atom stereocenters. The molecule has 0 aliphatic heterocycles. The van der Waals surface area contributed by atoms with Gasteiger partial charge in [-0.15, -0.1) is 11.3 Å². The minimum absolute atomic E-state index is 0.564. The van der Waals surface area contributed by atoms with Crippen LogP contribution in [0.1, 0.15) is 5.56 Å². The lowest BCUT2D eigenvalue weighted by molar-refractivity contribution is 1.07. The Morgan fingerprint density at radius 3 is 2.20 bits per heavy atom. The number of benzene rings is 2. The smallest absolute Gasteiger partial charge is 0.124 e. The summed E-state index contributed by atoms with van der Waals surface area (Å²) in [4.78, 5) is 4.68. The summed E-state index contributed by atoms with van der Waals surface area (Å²) in [5.74, 6) is 0. The van der Waals surface area contributed by atoms with Crippen LogP contribution < -0.4 is 11.5 Å². The maximum absolute atomic E-state index is 5.70. The van der Waals surface area contributed by atoms with Gasteiger partial charge in [0.15, 0.2) is 0 Å². The van der Waals surface area contributed by atoms with E-state index in [2.05, 4.69) is 22.5 Å². The first kappa shape index (κ1) is 12.8. The van der Waals surface area contributed by atoms with Crippen molar-refractivity contribution in [1.82, 2.24) is 4.98 Å². The van der Waals surface area contributed by atoms with Crippen molar-refractivity contribution in [1.29, 1.82) is 0 Å². The van der Waals surface area contributed by atoms with Gasteiger partial charge < -0.3 is 11.5 Å². The maximum atomic E-state index is 5.70. The monoisotopic (exact) mass is 281 g/mol. The summed E-state index contributed by atoms with van der Waals surface area (Å²) in [7, 11) is 0. The number of hydrogen-bond donors (Lipinski definition) is 2. The number of hydrogen-bond acceptors (Lipinski definition) is 4. The Morgan fingerprint density at radius 2 is 1.55 bits per heavy atom. The normalized spacial score (nSPS) is 10.7. The van der Waals surface area contributed by atoms with E-state index >= 15 is 0 Å². The van der Waals surface area contributed by atoms with Gasteiger partial charge in [-0.1, -0.05) is 36.4 Å². The van der Waals surface area contributed by atoms with E-state index in [1.165, 1.54) is 0 Å². The SMILES string of the molecule is NCc1ccc(-c2nc(-c3ccc(N)cc3)cs2)cc1. The molecule has 0 spiro atoms. The Hall–Kier alpha value is -2.17. The molecular weight excluding hydrogens is 266 g/mol. The van der Waals surface area contributed by atoms with Crippen molar-refractivity contribution >= 4 is 17.0 Å². The summed E-state index contributed by atoms with van der Waals surface area (Å²) in [6.45, 7) is 0.564. The molecule has 0 fully saturated rings. The van der Waals surface area contributed by atoms with E-state index in [4.69, 9.17) is 11.5 Å². The molecule has 3 rings (SSSR count). The average Bonchev–Trinajstić information content (AvgIpc) is 2.98. The van der Waals surface area contributed by atoms with Gasteiger partial charge in [-0.3, -0.25) is 0 Å². The van der Waals surface area contributed by atoms with Crippen LogP contribution in [0.2, 0.25) is 0 Å². The molecule has 0 aliphatic rings. The van der Waals surface area contributed by atoms with E-state index in [-0.39, 0.29) is 0 Å². The molecule has 1 aromatic heterocycles. The molecule has 0 aliphatic carbocycles. The largest absolute Gasteiger partial charge is 0.399 e. The first-order chi connectivity index (χ1) is 9.76. The lowest BCUT2D eigenvalue weighted by Crippen LogP contribution is -1.95. The lowest BCUT2D eigenvalue weighted by Gasteiger charge is -1.99. The number of nitrogens with zero attached hydrogens (tertiary/aromatic N) is 1. The fourth-order valence-corrected chi connectivity index (χ4v) is 2.81. The predicted molar refractivity (Wildman–Crippen MR) is 85.3 cm³/mol. The highest BCUT2D eigenvalue weighted by Gasteiger charge is 2.06. The molecule has 2 aromatic carbocycles. The number of rotatable bonds is 3. The standard InChI is InChI=1S/C16H15N3S/c17-9-11-1-3-13(4-2-11)16-19-15(10-20-16)12-5-7-14(18)8-6-12/h1-8,10H,9,17-18H2. The molecule has 20 heavy (non-hydrogen) atoms. The van der Waals surface area contributed by atoms with Gasteiger partial charge >= 0.3 is 0 Å². The number of nitrogen functional groups attached to an aromatic ring is 1. The Kier molecular flexibility index (Phi) is 3.50. The van der Waals surface area contributed by atoms with Gasteiger partial charge in [-0.25, -0.2) is 4.98 Å². The first-order valence-electron chi connectivity index (χ1n) is 6.37. The van der Waals surface area contributed by atoms with E-state index in [0.29, 0.717) is 6.54 Å². The van der Waals surface area contributed by atoms with Crippen molar-refractivity contribution < 1.29 is 0 Å². The molecule has 4 N–H and O–H groups in total. The van der Waals surface area contributed by atoms with Gasteiger partial charge in [-0.2, -0.15) is 0 Å². The maximum Gasteiger partial charge on any atom is 0.124 e. The molecule has 4 heteroatoms. The van der Waals surface area contributed by atoms with Crippen molar-refractivity contribution in [3.05, 3.63) is 59.5 Å². The van der Waals surface area contributed by atoms with Crippen LogP contribution in [0.15, 0.2) is 53.9 Å². The van der Waals surface area contributed by atoms with Crippen molar-refractivity contribution in [2.75, 3.05) is 5.73 Å². The zero-order valence-corrected chi connectivity index (χ0v) is 11.7. The van der Waals surface area contributed by atoms with Gasteiger partial charge in [-0.05, 0) is 17.7 Å². The summed E-state index contributed by atoms with van der Waals surface area (Å²) in [5, 5.41) is 3.08. The number of nitrogens with two attached hydrogens (primary N) is 2. The highest BCUT2D eigenvalue weighted by atomic mass is 32.1. The number of aromatic nitrogens is 1. The molecule has 3 aromatic rings. The molecule has 0 amide bonds. The van der Waals surface area contributed by atoms with E-state index in [0.717, 1.165) is 33.1 Å². The van der Waals surface area contributed by atoms with Gasteiger partial charge in [0.2, 0.25) is 0 Å². The summed E-state index contributed by atoms with van der Waals surface area (Å²) in [6.07, 6.45) is 0. The van der Waals surface area contributed by atoms with E-state index in [1.807, 2.05) is 36.4 Å². The minimum atomic E-state index is 0.564. The molecule has 0 saturated carbocycles. The second-order valence-corrected chi connectivity index (χ2v) is 5.42. The van der Waals surface area contributed by atoms with Gasteiger partial charge in [0, 0.05) is 28.7 Å². The van der Waals surface area contributed by atoms with Gasteiger partial charge in [0.25, 0.3) is 0 Å². The summed E-state index contributed by atoms with van der Waals surface area (Å²) in [6, 6.07) is 16.0. The minimum Gasteiger partial charge on any atom is -0.399 e. The Bertz CT molecular complexity index is 699. The van der Waals surface area contributed by atoms with Crippen molar-refractivity contribution in [3.63, 3.8) is 0 Å². The zero-order chi connectivity index (χ0) is 13.9. The summed E-state index contributed by atoms with van der Waals surface area (Å²) in [5.41, 5.74) is 16.4. The zero-order valence-electron chi connectivity index (χ0n) is 10.9. The van der Waals surface area contributed by atoms with E-state index in [9.17, 15) is 0 Å². The molecule has 0 saturated heterocycles. The third-order valence-corrected chi connectivity index (χ3v) is 4.04. The lowest BCUT2D eigenvalue weighted by atomic mass is 10.1. The summed E-state index contributed by atoms with van der Waals surface area (Å²) >= 11 is 1.64.